The molecule has 4 rings (SSSR count). The summed E-state index contributed by atoms with van der Waals surface area (Å²) in [6, 6.07) is 0.432. The van der Waals surface area contributed by atoms with Crippen LogP contribution in [0.15, 0.2) is 11.4 Å². The maximum Gasteiger partial charge on any atom is 0.233 e. The van der Waals surface area contributed by atoms with Gasteiger partial charge in [-0.25, -0.2) is 9.97 Å². The van der Waals surface area contributed by atoms with Gasteiger partial charge in [-0.3, -0.25) is 4.79 Å². The summed E-state index contributed by atoms with van der Waals surface area (Å²) in [6.45, 7) is 3.11. The normalized spacial score (nSPS) is 20.7. The predicted molar refractivity (Wildman–Crippen MR) is 104 cm³/mol. The third-order valence-electron chi connectivity index (χ3n) is 5.47. The van der Waals surface area contributed by atoms with Gasteiger partial charge >= 0.3 is 0 Å². The Morgan fingerprint density at radius 3 is 3.04 bits per heavy atom. The Morgan fingerprint density at radius 1 is 1.28 bits per heavy atom. The Bertz CT molecular complexity index is 773. The van der Waals surface area contributed by atoms with Gasteiger partial charge in [0.2, 0.25) is 5.91 Å². The van der Waals surface area contributed by atoms with Crippen molar-refractivity contribution in [2.45, 2.75) is 69.4 Å². The molecule has 0 aromatic carbocycles. The number of carbonyl (C=O) groups excluding carboxylic acids is 1. The topological polar surface area (TPSA) is 46.1 Å². The minimum Gasteiger partial charge on any atom is -0.339 e. The number of nitrogens with zero attached hydrogens (tertiary/aromatic N) is 3. The molecule has 0 unspecified atom stereocenters. The number of aromatic nitrogens is 2. The van der Waals surface area contributed by atoms with Crippen molar-refractivity contribution in [1.82, 2.24) is 14.9 Å². The van der Waals surface area contributed by atoms with Crippen molar-refractivity contribution in [2.75, 3.05) is 12.3 Å². The number of piperidine rings is 1. The number of carbonyl (C=O) groups is 1. The predicted octanol–water partition coefficient (Wildman–Crippen LogP) is 4.45. The van der Waals surface area contributed by atoms with Crippen molar-refractivity contribution >= 4 is 39.2 Å². The summed E-state index contributed by atoms with van der Waals surface area (Å²) in [5.41, 5.74) is 1.45. The Kier molecular flexibility index (Phi) is 5.27. The van der Waals surface area contributed by atoms with Crippen LogP contribution >= 0.6 is 23.1 Å². The van der Waals surface area contributed by atoms with E-state index in [2.05, 4.69) is 21.8 Å². The van der Waals surface area contributed by atoms with Crippen LogP contribution in [0.3, 0.4) is 0 Å². The average molecular weight is 376 g/mol. The van der Waals surface area contributed by atoms with Crippen LogP contribution < -0.4 is 0 Å². The summed E-state index contributed by atoms with van der Waals surface area (Å²) < 4.78 is 0. The number of amides is 1. The van der Waals surface area contributed by atoms with Crippen LogP contribution in [0, 0.1) is 0 Å². The number of aryl methyl sites for hydroxylation is 2. The highest BCUT2D eigenvalue weighted by atomic mass is 32.2. The standard InChI is InChI=1S/C19H25N3OS2/c1-2-13-7-5-6-10-22(13)16(23)11-24-18-17-14-8-3-4-9-15(14)25-19(17)21-12-20-18/h12-13H,2-11H2,1H3/t13-/m0/s1. The highest BCUT2D eigenvalue weighted by Gasteiger charge is 2.26. The van der Waals surface area contributed by atoms with Crippen LogP contribution in [-0.4, -0.2) is 39.1 Å². The van der Waals surface area contributed by atoms with Gasteiger partial charge in [0, 0.05) is 22.8 Å². The highest BCUT2D eigenvalue weighted by Crippen LogP contribution is 2.39. The maximum absolute atomic E-state index is 12.8. The first-order chi connectivity index (χ1) is 12.3. The second-order valence-electron chi connectivity index (χ2n) is 7.00. The largest absolute Gasteiger partial charge is 0.339 e. The number of hydrogen-bond acceptors (Lipinski definition) is 5. The fraction of sp³-hybridized carbons (Fsp3) is 0.632. The van der Waals surface area contributed by atoms with E-state index in [-0.39, 0.29) is 5.91 Å². The quantitative estimate of drug-likeness (QED) is 0.585. The number of hydrogen-bond donors (Lipinski definition) is 0. The molecule has 1 saturated heterocycles. The smallest absolute Gasteiger partial charge is 0.233 e. The minimum atomic E-state index is 0.271. The van der Waals surface area contributed by atoms with Gasteiger partial charge in [0.15, 0.2) is 0 Å². The van der Waals surface area contributed by atoms with E-state index >= 15 is 0 Å². The Hall–Kier alpha value is -1.14. The second-order valence-corrected chi connectivity index (χ2v) is 9.05. The van der Waals surface area contributed by atoms with E-state index in [0.29, 0.717) is 11.8 Å². The highest BCUT2D eigenvalue weighted by molar-refractivity contribution is 8.00. The molecule has 0 saturated carbocycles. The van der Waals surface area contributed by atoms with E-state index in [1.807, 2.05) is 11.3 Å². The second kappa shape index (κ2) is 7.62. The van der Waals surface area contributed by atoms with Gasteiger partial charge in [0.1, 0.15) is 16.2 Å². The van der Waals surface area contributed by atoms with Gasteiger partial charge < -0.3 is 4.90 Å². The van der Waals surface area contributed by atoms with Crippen LogP contribution in [0.1, 0.15) is 55.9 Å². The summed E-state index contributed by atoms with van der Waals surface area (Å²) in [4.78, 5) is 26.5. The molecular formula is C19H25N3OS2. The molecule has 2 aromatic rings. The lowest BCUT2D eigenvalue weighted by Crippen LogP contribution is -2.44. The lowest BCUT2D eigenvalue weighted by atomic mass is 9.97. The monoisotopic (exact) mass is 375 g/mol. The van der Waals surface area contributed by atoms with Crippen molar-refractivity contribution in [2.24, 2.45) is 0 Å². The Labute approximate surface area is 157 Å². The summed E-state index contributed by atoms with van der Waals surface area (Å²) in [5, 5.41) is 2.23. The van der Waals surface area contributed by atoms with E-state index in [1.54, 1.807) is 18.1 Å². The molecule has 25 heavy (non-hydrogen) atoms. The molecule has 134 valence electrons. The van der Waals surface area contributed by atoms with Gasteiger partial charge in [-0.1, -0.05) is 18.7 Å². The number of rotatable bonds is 4. The fourth-order valence-electron chi connectivity index (χ4n) is 4.14. The van der Waals surface area contributed by atoms with Crippen LogP contribution in [0.2, 0.25) is 0 Å². The molecule has 1 aliphatic carbocycles. The molecule has 1 atom stereocenters. The molecule has 0 N–H and O–H groups in total. The molecule has 4 nitrogen and oxygen atoms in total. The van der Waals surface area contributed by atoms with Crippen LogP contribution in [-0.2, 0) is 17.6 Å². The van der Waals surface area contributed by atoms with Crippen molar-refractivity contribution in [1.29, 1.82) is 0 Å². The number of thioether (sulfide) groups is 1. The molecule has 0 radical (unpaired) electrons. The zero-order valence-corrected chi connectivity index (χ0v) is 16.4. The molecule has 2 aromatic heterocycles. The minimum absolute atomic E-state index is 0.271. The molecule has 2 aliphatic rings. The fourth-order valence-corrected chi connectivity index (χ4v) is 6.34. The van der Waals surface area contributed by atoms with E-state index in [0.717, 1.165) is 42.1 Å². The van der Waals surface area contributed by atoms with Gasteiger partial charge in [0.05, 0.1) is 5.75 Å². The Balaban J connectivity index is 1.53. The Morgan fingerprint density at radius 2 is 2.16 bits per heavy atom. The van der Waals surface area contributed by atoms with E-state index < -0.39 is 0 Å². The average Bonchev–Trinajstić information content (AvgIpc) is 3.05. The zero-order chi connectivity index (χ0) is 17.2. The third-order valence-corrected chi connectivity index (χ3v) is 7.64. The lowest BCUT2D eigenvalue weighted by Gasteiger charge is -2.35. The van der Waals surface area contributed by atoms with Crippen LogP contribution in [0.4, 0.5) is 0 Å². The number of thiophene rings is 1. The molecule has 1 amide bonds. The molecule has 1 fully saturated rings. The summed E-state index contributed by atoms with van der Waals surface area (Å²) >= 11 is 3.43. The van der Waals surface area contributed by atoms with Gasteiger partial charge in [-0.15, -0.1) is 11.3 Å². The first-order valence-corrected chi connectivity index (χ1v) is 11.3. The van der Waals surface area contributed by atoms with E-state index in [9.17, 15) is 4.79 Å². The first kappa shape index (κ1) is 17.3. The number of fused-ring (bicyclic) bond motifs is 3. The molecule has 6 heteroatoms. The SMILES string of the molecule is CC[C@H]1CCCCN1C(=O)CSc1ncnc2sc3c(c12)CCCC3. The van der Waals surface area contributed by atoms with Crippen molar-refractivity contribution in [3.63, 3.8) is 0 Å². The molecule has 0 spiro atoms. The lowest BCUT2D eigenvalue weighted by molar-refractivity contribution is -0.132. The first-order valence-electron chi connectivity index (χ1n) is 9.45. The van der Waals surface area contributed by atoms with Gasteiger partial charge in [0.25, 0.3) is 0 Å². The van der Waals surface area contributed by atoms with E-state index in [1.165, 1.54) is 41.5 Å². The van der Waals surface area contributed by atoms with Crippen LogP contribution in [0.25, 0.3) is 10.2 Å². The van der Waals surface area contributed by atoms with E-state index in [4.69, 9.17) is 0 Å². The molecular weight excluding hydrogens is 350 g/mol. The summed E-state index contributed by atoms with van der Waals surface area (Å²) in [7, 11) is 0. The zero-order valence-electron chi connectivity index (χ0n) is 14.8. The molecule has 1 aliphatic heterocycles. The van der Waals surface area contributed by atoms with Crippen molar-refractivity contribution < 1.29 is 4.79 Å². The summed E-state index contributed by atoms with van der Waals surface area (Å²) in [6.07, 6.45) is 11.1. The van der Waals surface area contributed by atoms with Crippen molar-refractivity contribution in [3.05, 3.63) is 16.8 Å². The number of likely N-dealkylation sites (tertiary alicyclic amines) is 1. The van der Waals surface area contributed by atoms with Crippen molar-refractivity contribution in [3.8, 4) is 0 Å². The van der Waals surface area contributed by atoms with Gasteiger partial charge in [-0.05, 0) is 56.9 Å². The van der Waals surface area contributed by atoms with Crippen LogP contribution in [0.5, 0.6) is 0 Å². The van der Waals surface area contributed by atoms with Gasteiger partial charge in [-0.2, -0.15) is 0 Å². The maximum atomic E-state index is 12.8. The molecule has 0 bridgehead atoms. The summed E-state index contributed by atoms with van der Waals surface area (Å²) in [5.74, 6) is 0.764. The molecule has 3 heterocycles. The third kappa shape index (κ3) is 3.43.